The molecule has 0 bridgehead atoms. The van der Waals surface area contributed by atoms with Crippen molar-refractivity contribution >= 4 is 0 Å². The van der Waals surface area contributed by atoms with Crippen molar-refractivity contribution in [2.45, 2.75) is 39.3 Å². The van der Waals surface area contributed by atoms with Crippen LogP contribution in [0, 0.1) is 13.8 Å². The minimum Gasteiger partial charge on any atom is -0.387 e. The quantitative estimate of drug-likeness (QED) is 0.740. The molecule has 0 aliphatic rings. The minimum absolute atomic E-state index is 0.0782. The Balaban J connectivity index is 2.85. The Morgan fingerprint density at radius 1 is 1.41 bits per heavy atom. The largest absolute Gasteiger partial charge is 0.387 e. The molecule has 0 aromatic heterocycles. The lowest BCUT2D eigenvalue weighted by Crippen LogP contribution is -2.34. The first-order chi connectivity index (χ1) is 8.10. The molecule has 0 fully saturated rings. The summed E-state index contributed by atoms with van der Waals surface area (Å²) < 4.78 is 0. The van der Waals surface area contributed by atoms with Crippen molar-refractivity contribution in [3.8, 4) is 0 Å². The Hall–Kier alpha value is -1.12. The molecule has 2 nitrogen and oxygen atoms in total. The van der Waals surface area contributed by atoms with Crippen LogP contribution in [-0.2, 0) is 0 Å². The summed E-state index contributed by atoms with van der Waals surface area (Å²) in [6.45, 7) is 10.6. The molecule has 2 unspecified atom stereocenters. The second kappa shape index (κ2) is 6.58. The van der Waals surface area contributed by atoms with Crippen molar-refractivity contribution in [1.82, 2.24) is 5.32 Å². The number of rotatable bonds is 6. The number of hydrogen-bond donors (Lipinski definition) is 2. The Labute approximate surface area is 104 Å². The van der Waals surface area contributed by atoms with Crippen LogP contribution in [0.3, 0.4) is 0 Å². The van der Waals surface area contributed by atoms with E-state index in [1.165, 1.54) is 5.56 Å². The van der Waals surface area contributed by atoms with Gasteiger partial charge in [-0.1, -0.05) is 36.8 Å². The molecule has 2 N–H and O–H groups in total. The number of aliphatic hydroxyl groups excluding tert-OH is 1. The van der Waals surface area contributed by atoms with Gasteiger partial charge < -0.3 is 10.4 Å². The molecule has 0 saturated heterocycles. The summed E-state index contributed by atoms with van der Waals surface area (Å²) >= 11 is 0. The maximum atomic E-state index is 10.4. The van der Waals surface area contributed by atoms with E-state index in [0.717, 1.165) is 24.1 Å². The lowest BCUT2D eigenvalue weighted by molar-refractivity contribution is 0.127. The summed E-state index contributed by atoms with van der Waals surface area (Å²) in [6, 6.07) is 6.26. The van der Waals surface area contributed by atoms with E-state index in [-0.39, 0.29) is 6.04 Å². The van der Waals surface area contributed by atoms with E-state index in [1.807, 2.05) is 25.1 Å². The molecule has 0 heterocycles. The van der Waals surface area contributed by atoms with E-state index in [9.17, 15) is 5.11 Å². The van der Waals surface area contributed by atoms with E-state index in [1.54, 1.807) is 0 Å². The molecule has 94 valence electrons. The summed E-state index contributed by atoms with van der Waals surface area (Å²) in [5, 5.41) is 13.7. The molecule has 17 heavy (non-hydrogen) atoms. The third-order valence-electron chi connectivity index (χ3n) is 3.09. The average molecular weight is 233 g/mol. The second-order valence-electron chi connectivity index (χ2n) is 4.52. The molecule has 2 heteroatoms. The van der Waals surface area contributed by atoms with Crippen molar-refractivity contribution in [3.05, 3.63) is 47.5 Å². The second-order valence-corrected chi connectivity index (χ2v) is 4.52. The fourth-order valence-corrected chi connectivity index (χ4v) is 2.09. The van der Waals surface area contributed by atoms with Crippen molar-refractivity contribution in [2.24, 2.45) is 0 Å². The van der Waals surface area contributed by atoms with Crippen LogP contribution in [-0.4, -0.2) is 17.7 Å². The molecule has 0 amide bonds. The number of nitrogens with one attached hydrogen (secondary N) is 1. The zero-order valence-corrected chi connectivity index (χ0v) is 11.0. The van der Waals surface area contributed by atoms with E-state index in [4.69, 9.17) is 0 Å². The van der Waals surface area contributed by atoms with Crippen LogP contribution in [0.5, 0.6) is 0 Å². The fourth-order valence-electron chi connectivity index (χ4n) is 2.09. The highest BCUT2D eigenvalue weighted by atomic mass is 16.3. The first kappa shape index (κ1) is 13.9. The van der Waals surface area contributed by atoms with Crippen molar-refractivity contribution < 1.29 is 5.11 Å². The van der Waals surface area contributed by atoms with E-state index in [2.05, 4.69) is 31.8 Å². The molecule has 1 aromatic carbocycles. The number of hydrogen-bond acceptors (Lipinski definition) is 2. The van der Waals surface area contributed by atoms with E-state index >= 15 is 0 Å². The molecule has 0 spiro atoms. The summed E-state index contributed by atoms with van der Waals surface area (Å²) in [6.07, 6.45) is 2.25. The van der Waals surface area contributed by atoms with Gasteiger partial charge in [0.25, 0.3) is 0 Å². The fraction of sp³-hybridized carbons (Fsp3) is 0.467. The van der Waals surface area contributed by atoms with Gasteiger partial charge in [0.05, 0.1) is 6.10 Å². The van der Waals surface area contributed by atoms with Gasteiger partial charge in [-0.3, -0.25) is 0 Å². The maximum absolute atomic E-state index is 10.4. The summed E-state index contributed by atoms with van der Waals surface area (Å²) in [5.41, 5.74) is 3.39. The van der Waals surface area contributed by atoms with Gasteiger partial charge in [-0.2, -0.15) is 0 Å². The van der Waals surface area contributed by atoms with Gasteiger partial charge in [0.2, 0.25) is 0 Å². The first-order valence-electron chi connectivity index (χ1n) is 6.19. The summed E-state index contributed by atoms with van der Waals surface area (Å²) in [7, 11) is 0. The molecule has 1 rings (SSSR count). The minimum atomic E-state index is -0.458. The predicted molar refractivity (Wildman–Crippen MR) is 73.2 cm³/mol. The van der Waals surface area contributed by atoms with E-state index in [0.29, 0.717) is 0 Å². The average Bonchev–Trinajstić information content (AvgIpc) is 2.29. The third-order valence-corrected chi connectivity index (χ3v) is 3.09. The van der Waals surface area contributed by atoms with Gasteiger partial charge in [0.1, 0.15) is 0 Å². The van der Waals surface area contributed by atoms with Crippen LogP contribution in [0.15, 0.2) is 30.9 Å². The molecular weight excluding hydrogens is 210 g/mol. The molecule has 2 atom stereocenters. The van der Waals surface area contributed by atoms with Crippen molar-refractivity contribution in [2.75, 3.05) is 6.54 Å². The van der Waals surface area contributed by atoms with Gasteiger partial charge in [0, 0.05) is 12.6 Å². The Bertz CT molecular complexity index is 373. The van der Waals surface area contributed by atoms with Gasteiger partial charge >= 0.3 is 0 Å². The van der Waals surface area contributed by atoms with Crippen LogP contribution in [0.4, 0.5) is 0 Å². The third kappa shape index (κ3) is 3.69. The number of aryl methyl sites for hydroxylation is 2. The van der Waals surface area contributed by atoms with Gasteiger partial charge in [0.15, 0.2) is 0 Å². The molecule has 0 aliphatic carbocycles. The van der Waals surface area contributed by atoms with Crippen LogP contribution < -0.4 is 5.32 Å². The number of benzene rings is 1. The zero-order valence-electron chi connectivity index (χ0n) is 11.0. The SMILES string of the molecule is C=CCNC(CC)C(O)c1ccc(C)cc1C. The molecule has 0 aliphatic heterocycles. The standard InChI is InChI=1S/C15H23NO/c1-5-9-16-14(6-2)15(17)13-8-7-11(3)10-12(13)4/h5,7-8,10,14-17H,1,6,9H2,2-4H3. The summed E-state index contributed by atoms with van der Waals surface area (Å²) in [5.74, 6) is 0. The summed E-state index contributed by atoms with van der Waals surface area (Å²) in [4.78, 5) is 0. The Morgan fingerprint density at radius 3 is 2.65 bits per heavy atom. The van der Waals surface area contributed by atoms with E-state index < -0.39 is 6.10 Å². The highest BCUT2D eigenvalue weighted by Crippen LogP contribution is 2.23. The van der Waals surface area contributed by atoms with Crippen LogP contribution >= 0.6 is 0 Å². The first-order valence-corrected chi connectivity index (χ1v) is 6.19. The lowest BCUT2D eigenvalue weighted by atomic mass is 9.95. The topological polar surface area (TPSA) is 32.3 Å². The molecule has 0 saturated carbocycles. The number of aliphatic hydroxyl groups is 1. The highest BCUT2D eigenvalue weighted by Gasteiger charge is 2.19. The maximum Gasteiger partial charge on any atom is 0.0945 e. The lowest BCUT2D eigenvalue weighted by Gasteiger charge is -2.24. The highest BCUT2D eigenvalue weighted by molar-refractivity contribution is 5.32. The predicted octanol–water partition coefficient (Wildman–Crippen LogP) is 2.89. The Morgan fingerprint density at radius 2 is 2.12 bits per heavy atom. The monoisotopic (exact) mass is 233 g/mol. The van der Waals surface area contributed by atoms with Gasteiger partial charge in [-0.05, 0) is 31.4 Å². The normalized spacial score (nSPS) is 14.4. The van der Waals surface area contributed by atoms with Crippen molar-refractivity contribution in [1.29, 1.82) is 0 Å². The molecule has 0 radical (unpaired) electrons. The van der Waals surface area contributed by atoms with Crippen molar-refractivity contribution in [3.63, 3.8) is 0 Å². The van der Waals surface area contributed by atoms with Gasteiger partial charge in [-0.25, -0.2) is 0 Å². The molecule has 1 aromatic rings. The smallest absolute Gasteiger partial charge is 0.0945 e. The Kier molecular flexibility index (Phi) is 5.39. The molecular formula is C15H23NO. The van der Waals surface area contributed by atoms with Gasteiger partial charge in [-0.15, -0.1) is 6.58 Å². The van der Waals surface area contributed by atoms with Crippen LogP contribution in [0.25, 0.3) is 0 Å². The van der Waals surface area contributed by atoms with Crippen LogP contribution in [0.1, 0.15) is 36.1 Å². The van der Waals surface area contributed by atoms with Crippen LogP contribution in [0.2, 0.25) is 0 Å². The zero-order chi connectivity index (χ0) is 12.8.